The largest absolute Gasteiger partial charge is 0.135 e. The molecule has 60 heavy (non-hydrogen) atoms. The summed E-state index contributed by atoms with van der Waals surface area (Å²) in [5.41, 5.74) is 13.1. The van der Waals surface area contributed by atoms with E-state index in [9.17, 15) is 0 Å². The van der Waals surface area contributed by atoms with Gasteiger partial charge in [0.1, 0.15) is 0 Å². The van der Waals surface area contributed by atoms with E-state index >= 15 is 0 Å². The van der Waals surface area contributed by atoms with E-state index in [-0.39, 0.29) is 5.41 Å². The molecule has 1 heteroatoms. The van der Waals surface area contributed by atoms with Crippen molar-refractivity contribution < 1.29 is 0 Å². The molecule has 1 heterocycles. The summed E-state index contributed by atoms with van der Waals surface area (Å²) in [6.07, 6.45) is 0. The van der Waals surface area contributed by atoms with Gasteiger partial charge in [-0.1, -0.05) is 159 Å². The Hall–Kier alpha value is -7.06. The lowest BCUT2D eigenvalue weighted by Crippen LogP contribution is -2.14. The predicted molar refractivity (Wildman–Crippen MR) is 261 cm³/mol. The van der Waals surface area contributed by atoms with Crippen LogP contribution in [0.15, 0.2) is 194 Å². The molecule has 0 nitrogen and oxygen atoms in total. The van der Waals surface area contributed by atoms with Crippen molar-refractivity contribution in [2.45, 2.75) is 19.3 Å². The molecule has 1 aliphatic carbocycles. The molecular formula is C59H38S. The lowest BCUT2D eigenvalue weighted by molar-refractivity contribution is 0.661. The zero-order valence-electron chi connectivity index (χ0n) is 33.4. The van der Waals surface area contributed by atoms with Crippen LogP contribution < -0.4 is 0 Å². The molecule has 1 aliphatic rings. The summed E-state index contributed by atoms with van der Waals surface area (Å²) < 4.78 is 2.71. The highest BCUT2D eigenvalue weighted by atomic mass is 32.1. The topological polar surface area (TPSA) is 0 Å². The molecule has 0 saturated carbocycles. The summed E-state index contributed by atoms with van der Waals surface area (Å²) in [5.74, 6) is 0. The number of rotatable bonds is 3. The van der Waals surface area contributed by atoms with Crippen molar-refractivity contribution >= 4 is 85.4 Å². The molecule has 0 bridgehead atoms. The highest BCUT2D eigenvalue weighted by Crippen LogP contribution is 2.52. The van der Waals surface area contributed by atoms with E-state index in [0.717, 1.165) is 0 Å². The van der Waals surface area contributed by atoms with Gasteiger partial charge < -0.3 is 0 Å². The summed E-state index contributed by atoms with van der Waals surface area (Å²) in [6.45, 7) is 4.78. The molecule has 0 atom stereocenters. The minimum Gasteiger partial charge on any atom is -0.135 e. The fourth-order valence-electron chi connectivity index (χ4n) is 10.7. The second kappa shape index (κ2) is 12.5. The van der Waals surface area contributed by atoms with Crippen LogP contribution in [0.1, 0.15) is 25.0 Å². The predicted octanol–water partition coefficient (Wildman–Crippen LogP) is 17.1. The van der Waals surface area contributed by atoms with E-state index < -0.39 is 0 Å². The molecule has 0 spiro atoms. The molecule has 0 fully saturated rings. The first-order chi connectivity index (χ1) is 29.5. The van der Waals surface area contributed by atoms with Crippen LogP contribution in [0.25, 0.3) is 119 Å². The number of hydrogen-bond donors (Lipinski definition) is 0. The van der Waals surface area contributed by atoms with Gasteiger partial charge >= 0.3 is 0 Å². The first kappa shape index (κ1) is 33.9. The Morgan fingerprint density at radius 2 is 0.867 bits per heavy atom. The summed E-state index contributed by atoms with van der Waals surface area (Å²) >= 11 is 1.90. The number of fused-ring (bicyclic) bond motifs is 11. The molecule has 0 unspecified atom stereocenters. The molecule has 0 amide bonds. The van der Waals surface area contributed by atoms with Gasteiger partial charge in [-0.15, -0.1) is 11.3 Å². The van der Waals surface area contributed by atoms with E-state index in [1.807, 2.05) is 11.3 Å². The SMILES string of the molecule is CC1(C)c2ccc(-c3ccc4cc(-c5c6ccccc6c(-c6cccc7ccccc67)c6ccccc56)ccc4c3)cc2-c2cc3cc4sc5ccccc5c4cc3cc21. The number of benzene rings is 11. The van der Waals surface area contributed by atoms with Crippen molar-refractivity contribution in [2.24, 2.45) is 0 Å². The molecular weight excluding hydrogens is 741 g/mol. The molecule has 0 saturated heterocycles. The normalized spacial score (nSPS) is 13.3. The van der Waals surface area contributed by atoms with Crippen LogP contribution in [-0.2, 0) is 5.41 Å². The van der Waals surface area contributed by atoms with Crippen LogP contribution in [0, 0.1) is 0 Å². The monoisotopic (exact) mass is 778 g/mol. The van der Waals surface area contributed by atoms with Crippen molar-refractivity contribution in [3.05, 3.63) is 205 Å². The second-order valence-electron chi connectivity index (χ2n) is 17.2. The lowest BCUT2D eigenvalue weighted by atomic mass is 9.81. The Kier molecular flexibility index (Phi) is 7.04. The van der Waals surface area contributed by atoms with E-state index in [4.69, 9.17) is 0 Å². The Morgan fingerprint density at radius 3 is 1.63 bits per heavy atom. The highest BCUT2D eigenvalue weighted by molar-refractivity contribution is 7.25. The smallest absolute Gasteiger partial charge is 0.0361 e. The maximum absolute atomic E-state index is 2.47. The second-order valence-corrected chi connectivity index (χ2v) is 18.3. The molecule has 11 aromatic carbocycles. The van der Waals surface area contributed by atoms with Crippen molar-refractivity contribution in [1.82, 2.24) is 0 Å². The van der Waals surface area contributed by atoms with Gasteiger partial charge in [0.15, 0.2) is 0 Å². The third kappa shape index (κ3) is 4.84. The van der Waals surface area contributed by atoms with Crippen LogP contribution in [0.2, 0.25) is 0 Å². The van der Waals surface area contributed by atoms with Gasteiger partial charge in [0.2, 0.25) is 0 Å². The molecule has 12 aromatic rings. The maximum Gasteiger partial charge on any atom is 0.0361 e. The Labute approximate surface area is 352 Å². The summed E-state index contributed by atoms with van der Waals surface area (Å²) in [7, 11) is 0. The van der Waals surface area contributed by atoms with E-state index in [0.29, 0.717) is 0 Å². The number of thiophene rings is 1. The fraction of sp³-hybridized carbons (Fsp3) is 0.0508. The van der Waals surface area contributed by atoms with Crippen molar-refractivity contribution in [1.29, 1.82) is 0 Å². The van der Waals surface area contributed by atoms with Gasteiger partial charge in [-0.3, -0.25) is 0 Å². The molecule has 0 radical (unpaired) electrons. The summed E-state index contributed by atoms with van der Waals surface area (Å²) in [4.78, 5) is 0. The van der Waals surface area contributed by atoms with Gasteiger partial charge in [0, 0.05) is 25.6 Å². The van der Waals surface area contributed by atoms with E-state index in [1.165, 1.54) is 130 Å². The van der Waals surface area contributed by atoms with Gasteiger partial charge in [-0.05, 0) is 158 Å². The minimum atomic E-state index is -0.0791. The van der Waals surface area contributed by atoms with E-state index in [2.05, 4.69) is 208 Å². The van der Waals surface area contributed by atoms with Gasteiger partial charge in [-0.2, -0.15) is 0 Å². The average molecular weight is 779 g/mol. The third-order valence-electron chi connectivity index (χ3n) is 13.6. The standard InChI is InChI=1S/C59H38S/c1-59(2)53-27-26-39(30-50(53)51-31-42-34-56-52(32-41(42)33-54(51)59)44-15-9-10-21-55(44)60-56)37-22-23-38-29-40(25-24-36(38)28-37)57-46-16-5-7-18-48(46)58(49-19-8-6-17-47(49)57)45-20-11-13-35-12-3-4-14-43(35)45/h3-34H,1-2H3. The fourth-order valence-corrected chi connectivity index (χ4v) is 11.8. The van der Waals surface area contributed by atoms with Crippen LogP contribution in [0.5, 0.6) is 0 Å². The minimum absolute atomic E-state index is 0.0791. The molecule has 0 N–H and O–H groups in total. The van der Waals surface area contributed by atoms with E-state index in [1.54, 1.807) is 0 Å². The van der Waals surface area contributed by atoms with Crippen molar-refractivity contribution in [3.8, 4) is 44.5 Å². The Balaban J connectivity index is 0.924. The lowest BCUT2D eigenvalue weighted by Gasteiger charge is -2.22. The summed E-state index contributed by atoms with van der Waals surface area (Å²) in [5, 5.41) is 15.5. The zero-order chi connectivity index (χ0) is 39.7. The van der Waals surface area contributed by atoms with Crippen LogP contribution >= 0.6 is 11.3 Å². The molecule has 0 aliphatic heterocycles. The average Bonchev–Trinajstić information content (AvgIpc) is 3.76. The van der Waals surface area contributed by atoms with Crippen LogP contribution in [-0.4, -0.2) is 0 Å². The Bertz CT molecular complexity index is 3740. The Morgan fingerprint density at radius 1 is 0.300 bits per heavy atom. The third-order valence-corrected chi connectivity index (χ3v) is 14.7. The highest BCUT2D eigenvalue weighted by Gasteiger charge is 2.36. The summed E-state index contributed by atoms with van der Waals surface area (Å²) in [6, 6.07) is 73.2. The van der Waals surface area contributed by atoms with Crippen LogP contribution in [0.4, 0.5) is 0 Å². The van der Waals surface area contributed by atoms with Gasteiger partial charge in [0.05, 0.1) is 0 Å². The molecule has 13 rings (SSSR count). The number of hydrogen-bond acceptors (Lipinski definition) is 1. The van der Waals surface area contributed by atoms with Crippen molar-refractivity contribution in [2.75, 3.05) is 0 Å². The molecule has 1 aromatic heterocycles. The van der Waals surface area contributed by atoms with Gasteiger partial charge in [0.25, 0.3) is 0 Å². The zero-order valence-corrected chi connectivity index (χ0v) is 34.2. The quantitative estimate of drug-likeness (QED) is 0.157. The van der Waals surface area contributed by atoms with Gasteiger partial charge in [-0.25, -0.2) is 0 Å². The van der Waals surface area contributed by atoms with Crippen LogP contribution in [0.3, 0.4) is 0 Å². The molecule has 280 valence electrons. The van der Waals surface area contributed by atoms with Crippen molar-refractivity contribution in [3.63, 3.8) is 0 Å². The first-order valence-electron chi connectivity index (χ1n) is 21.0. The maximum atomic E-state index is 2.47. The first-order valence-corrected chi connectivity index (χ1v) is 21.8.